The summed E-state index contributed by atoms with van der Waals surface area (Å²) in [5.74, 6) is 2.33. The molecule has 1 aromatic carbocycles. The summed E-state index contributed by atoms with van der Waals surface area (Å²) in [4.78, 5) is 4.63. The molecule has 2 aliphatic rings. The van der Waals surface area contributed by atoms with E-state index in [1.807, 2.05) is 12.1 Å². The van der Waals surface area contributed by atoms with E-state index in [1.54, 1.807) is 0 Å². The van der Waals surface area contributed by atoms with E-state index in [0.717, 1.165) is 60.0 Å². The predicted molar refractivity (Wildman–Crippen MR) is 107 cm³/mol. The monoisotopic (exact) mass is 511 g/mol. The lowest BCUT2D eigenvalue weighted by Crippen LogP contribution is -2.41. The van der Waals surface area contributed by atoms with E-state index in [2.05, 4.69) is 38.5 Å². The molecule has 0 amide bonds. The van der Waals surface area contributed by atoms with Gasteiger partial charge in [-0.3, -0.25) is 0 Å². The fourth-order valence-corrected chi connectivity index (χ4v) is 3.24. The van der Waals surface area contributed by atoms with Gasteiger partial charge >= 0.3 is 0 Å². The smallest absolute Gasteiger partial charge is 0.231 e. The Hall–Kier alpha value is -0.740. The normalized spacial score (nSPS) is 19.1. The van der Waals surface area contributed by atoms with Crippen LogP contribution >= 0.6 is 39.9 Å². The molecule has 6 nitrogen and oxygen atoms in total. The third-order valence-electron chi connectivity index (χ3n) is 3.77. The van der Waals surface area contributed by atoms with Crippen LogP contribution in [-0.2, 0) is 11.3 Å². The molecule has 0 aliphatic carbocycles. The molecule has 0 spiro atoms. The van der Waals surface area contributed by atoms with E-state index >= 15 is 0 Å². The van der Waals surface area contributed by atoms with E-state index in [-0.39, 0.29) is 30.8 Å². The molecule has 8 heteroatoms. The van der Waals surface area contributed by atoms with Crippen molar-refractivity contribution in [2.75, 3.05) is 26.5 Å². The molecule has 1 fully saturated rings. The molecule has 1 saturated heterocycles. The van der Waals surface area contributed by atoms with Crippen molar-refractivity contribution in [3.8, 4) is 11.5 Å². The zero-order chi connectivity index (χ0) is 16.1. The second-order valence-corrected chi connectivity index (χ2v) is 6.38. The average Bonchev–Trinajstić information content (AvgIpc) is 3.21. The predicted octanol–water partition coefficient (Wildman–Crippen LogP) is 3.03. The highest BCUT2D eigenvalue weighted by atomic mass is 127. The van der Waals surface area contributed by atoms with Gasteiger partial charge in [0.2, 0.25) is 6.79 Å². The van der Waals surface area contributed by atoms with Crippen LogP contribution in [0.15, 0.2) is 21.6 Å². The van der Waals surface area contributed by atoms with E-state index < -0.39 is 0 Å². The molecule has 3 rings (SSSR count). The Bertz CT molecular complexity index is 580. The van der Waals surface area contributed by atoms with Gasteiger partial charge in [-0.05, 0) is 53.4 Å². The van der Waals surface area contributed by atoms with Gasteiger partial charge in [0.25, 0.3) is 0 Å². The van der Waals surface area contributed by atoms with Gasteiger partial charge in [-0.2, -0.15) is 0 Å². The molecule has 0 saturated carbocycles. The maximum atomic E-state index is 5.63. The lowest BCUT2D eigenvalue weighted by molar-refractivity contribution is 0.114. The summed E-state index contributed by atoms with van der Waals surface area (Å²) < 4.78 is 17.4. The Morgan fingerprint density at radius 3 is 2.96 bits per heavy atom. The van der Waals surface area contributed by atoms with Crippen LogP contribution in [0.5, 0.6) is 11.5 Å². The van der Waals surface area contributed by atoms with Crippen LogP contribution in [0.1, 0.15) is 25.3 Å². The van der Waals surface area contributed by atoms with Crippen molar-refractivity contribution in [1.29, 1.82) is 0 Å². The van der Waals surface area contributed by atoms with E-state index in [0.29, 0.717) is 12.6 Å². The Kier molecular flexibility index (Phi) is 7.89. The topological polar surface area (TPSA) is 64.1 Å². The first-order chi connectivity index (χ1) is 11.3. The van der Waals surface area contributed by atoms with Gasteiger partial charge in [-0.1, -0.05) is 0 Å². The Morgan fingerprint density at radius 2 is 2.21 bits per heavy atom. The molecular formula is C16H23BrIN3O3. The number of hydrogen-bond acceptors (Lipinski definition) is 4. The fourth-order valence-electron chi connectivity index (χ4n) is 2.64. The van der Waals surface area contributed by atoms with Crippen LogP contribution in [0.3, 0.4) is 0 Å². The molecule has 1 atom stereocenters. The maximum absolute atomic E-state index is 5.63. The number of rotatable bonds is 5. The van der Waals surface area contributed by atoms with E-state index in [1.165, 1.54) is 0 Å². The van der Waals surface area contributed by atoms with Crippen molar-refractivity contribution in [2.24, 2.45) is 4.99 Å². The molecule has 0 bridgehead atoms. The van der Waals surface area contributed by atoms with Crippen molar-refractivity contribution >= 4 is 45.9 Å². The SMILES string of the molecule is CCNC(=NCc1cc(Br)c2c(c1)OCO2)NCC1CCCO1.I. The van der Waals surface area contributed by atoms with Gasteiger partial charge in [0, 0.05) is 19.7 Å². The number of hydrogen-bond donors (Lipinski definition) is 2. The molecule has 0 aromatic heterocycles. The highest BCUT2D eigenvalue weighted by molar-refractivity contribution is 14.0. The zero-order valence-electron chi connectivity index (χ0n) is 13.6. The lowest BCUT2D eigenvalue weighted by atomic mass is 10.2. The van der Waals surface area contributed by atoms with Crippen molar-refractivity contribution in [3.63, 3.8) is 0 Å². The molecule has 1 unspecified atom stereocenters. The third kappa shape index (κ3) is 5.13. The second kappa shape index (κ2) is 9.67. The molecule has 2 heterocycles. The van der Waals surface area contributed by atoms with Crippen LogP contribution in [0.25, 0.3) is 0 Å². The highest BCUT2D eigenvalue weighted by Crippen LogP contribution is 2.40. The number of halogens is 2. The summed E-state index contributed by atoms with van der Waals surface area (Å²) in [5, 5.41) is 6.61. The van der Waals surface area contributed by atoms with Crippen molar-refractivity contribution in [3.05, 3.63) is 22.2 Å². The second-order valence-electron chi connectivity index (χ2n) is 5.52. The first kappa shape index (κ1) is 19.6. The number of nitrogens with one attached hydrogen (secondary N) is 2. The summed E-state index contributed by atoms with van der Waals surface area (Å²) in [7, 11) is 0. The standard InChI is InChI=1S/C16H22BrN3O3.HI/c1-2-18-16(20-9-12-4-3-5-21-12)19-8-11-6-13(17)15-14(7-11)22-10-23-15;/h6-7,12H,2-5,8-10H2,1H3,(H2,18,19,20);1H. The van der Waals surface area contributed by atoms with Gasteiger partial charge in [-0.25, -0.2) is 4.99 Å². The molecular weight excluding hydrogens is 489 g/mol. The summed E-state index contributed by atoms with van der Waals surface area (Å²) in [6.07, 6.45) is 2.55. The average molecular weight is 512 g/mol. The van der Waals surface area contributed by atoms with Gasteiger partial charge in [0.05, 0.1) is 17.1 Å². The van der Waals surface area contributed by atoms with Crippen LogP contribution in [0.4, 0.5) is 0 Å². The summed E-state index contributed by atoms with van der Waals surface area (Å²) in [6.45, 7) is 5.37. The first-order valence-electron chi connectivity index (χ1n) is 7.98. The van der Waals surface area contributed by atoms with Crippen LogP contribution in [0, 0.1) is 0 Å². The van der Waals surface area contributed by atoms with Gasteiger partial charge in [-0.15, -0.1) is 24.0 Å². The summed E-state index contributed by atoms with van der Waals surface area (Å²) in [5.41, 5.74) is 1.07. The lowest BCUT2D eigenvalue weighted by Gasteiger charge is -2.14. The maximum Gasteiger partial charge on any atom is 0.231 e. The molecule has 134 valence electrons. The number of ether oxygens (including phenoxy) is 3. The third-order valence-corrected chi connectivity index (χ3v) is 4.36. The van der Waals surface area contributed by atoms with Gasteiger partial charge in [0.15, 0.2) is 17.5 Å². The number of aliphatic imine (C=N–C) groups is 1. The Morgan fingerprint density at radius 1 is 1.33 bits per heavy atom. The number of guanidine groups is 1. The first-order valence-corrected chi connectivity index (χ1v) is 8.77. The molecule has 24 heavy (non-hydrogen) atoms. The number of fused-ring (bicyclic) bond motifs is 1. The Balaban J connectivity index is 0.00000208. The van der Waals surface area contributed by atoms with Gasteiger partial charge < -0.3 is 24.8 Å². The van der Waals surface area contributed by atoms with Crippen molar-refractivity contribution in [1.82, 2.24) is 10.6 Å². The summed E-state index contributed by atoms with van der Waals surface area (Å²) in [6, 6.07) is 3.99. The van der Waals surface area contributed by atoms with E-state index in [4.69, 9.17) is 14.2 Å². The molecule has 2 aliphatic heterocycles. The van der Waals surface area contributed by atoms with Crippen LogP contribution in [-0.4, -0.2) is 38.6 Å². The molecule has 2 N–H and O–H groups in total. The molecule has 0 radical (unpaired) electrons. The Labute approximate surface area is 167 Å². The molecule has 1 aromatic rings. The highest BCUT2D eigenvalue weighted by Gasteiger charge is 2.18. The quantitative estimate of drug-likeness (QED) is 0.361. The summed E-state index contributed by atoms with van der Waals surface area (Å²) >= 11 is 3.51. The van der Waals surface area contributed by atoms with Crippen molar-refractivity contribution in [2.45, 2.75) is 32.4 Å². The van der Waals surface area contributed by atoms with Gasteiger partial charge in [0.1, 0.15) is 0 Å². The number of nitrogens with zero attached hydrogens (tertiary/aromatic N) is 1. The minimum absolute atomic E-state index is 0. The minimum Gasteiger partial charge on any atom is -0.454 e. The fraction of sp³-hybridized carbons (Fsp3) is 0.562. The number of benzene rings is 1. The largest absolute Gasteiger partial charge is 0.454 e. The van der Waals surface area contributed by atoms with Crippen LogP contribution in [0.2, 0.25) is 0 Å². The van der Waals surface area contributed by atoms with E-state index in [9.17, 15) is 0 Å². The zero-order valence-corrected chi connectivity index (χ0v) is 17.6. The van der Waals surface area contributed by atoms with Crippen LogP contribution < -0.4 is 20.1 Å². The van der Waals surface area contributed by atoms with Crippen molar-refractivity contribution < 1.29 is 14.2 Å². The minimum atomic E-state index is 0.